The van der Waals surface area contributed by atoms with Crippen LogP contribution in [0.4, 0.5) is 31.5 Å². The lowest BCUT2D eigenvalue weighted by Crippen LogP contribution is -2.61. The Labute approximate surface area is 513 Å². The summed E-state index contributed by atoms with van der Waals surface area (Å²) in [6.45, 7) is 13.5. The van der Waals surface area contributed by atoms with Crippen LogP contribution in [0.25, 0.3) is 27.8 Å². The molecule has 8 aromatic rings. The van der Waals surface area contributed by atoms with Crippen molar-refractivity contribution in [1.82, 2.24) is 0 Å². The van der Waals surface area contributed by atoms with Crippen molar-refractivity contribution in [2.24, 2.45) is 11.8 Å². The zero-order valence-corrected chi connectivity index (χ0v) is 53.5. The molecule has 0 saturated carbocycles. The first kappa shape index (κ1) is 57.3. The predicted octanol–water partition coefficient (Wildman–Crippen LogP) is 19.2. The topological polar surface area (TPSA) is 9.72 Å². The molecule has 3 aliphatic carbocycles. The van der Waals surface area contributed by atoms with Crippen LogP contribution in [0.1, 0.15) is 62.8 Å². The Morgan fingerprint density at radius 2 is 1.15 bits per heavy atom. The van der Waals surface area contributed by atoms with Crippen LogP contribution in [-0.4, -0.2) is 50.3 Å². The quantitative estimate of drug-likeness (QED) is 0.120. The molecule has 5 aliphatic rings. The number of nitrogens with zero attached hydrogens (tertiary/aromatic N) is 3. The third-order valence-corrected chi connectivity index (χ3v) is 22.0. The highest BCUT2D eigenvalue weighted by Crippen LogP contribution is 2.59. The first-order valence-electron chi connectivity index (χ1n) is 30.3. The maximum atomic E-state index is 16.5. The van der Waals surface area contributed by atoms with Gasteiger partial charge in [0.05, 0.1) is 11.7 Å². The van der Waals surface area contributed by atoms with Crippen molar-refractivity contribution < 1.29 is 8.78 Å². The molecule has 0 aromatic heterocycles. The van der Waals surface area contributed by atoms with Gasteiger partial charge in [-0.25, -0.2) is 28.8 Å². The Morgan fingerprint density at radius 3 is 1.74 bits per heavy atom. The second-order valence-corrected chi connectivity index (χ2v) is 34.7. The van der Waals surface area contributed by atoms with Gasteiger partial charge in [0.1, 0.15) is 11.6 Å². The van der Waals surface area contributed by atoms with Gasteiger partial charge in [0.25, 0.3) is 6.71 Å². The summed E-state index contributed by atoms with van der Waals surface area (Å²) < 4.78 is 32.8. The molecule has 0 fully saturated rings. The molecule has 8 aromatic carbocycles. The Morgan fingerprint density at radius 1 is 0.581 bits per heavy atom. The van der Waals surface area contributed by atoms with Gasteiger partial charge in [-0.15, -0.1) is 0 Å². The number of fused-ring (bicyclic) bond motifs is 4. The van der Waals surface area contributed by atoms with Crippen molar-refractivity contribution in [2.45, 2.75) is 75.6 Å². The van der Waals surface area contributed by atoms with E-state index in [0.29, 0.717) is 12.1 Å². The van der Waals surface area contributed by atoms with Gasteiger partial charge in [-0.1, -0.05) is 177 Å². The Bertz CT molecular complexity index is 4200. The lowest BCUT2D eigenvalue weighted by atomic mass is 9.31. The van der Waals surface area contributed by atoms with Crippen molar-refractivity contribution in [2.75, 3.05) is 52.2 Å². The van der Waals surface area contributed by atoms with E-state index in [1.165, 1.54) is 77.2 Å². The van der Waals surface area contributed by atoms with Gasteiger partial charge in [0.2, 0.25) is 0 Å². The molecule has 8 heteroatoms. The van der Waals surface area contributed by atoms with E-state index in [0.717, 1.165) is 57.0 Å². The summed E-state index contributed by atoms with van der Waals surface area (Å²) in [4.78, 5) is 10.4. The minimum atomic E-state index is -1.28. The normalized spacial score (nSPS) is 20.5. The lowest BCUT2D eigenvalue weighted by Gasteiger charge is -2.55. The SMILES string of the molecule is CC1=CC(c2ccccc2)=C(N2C3=CC(N(C4=CC(F)=CCC4C)c4cccc(F)c4)C(C)C4=C3B(c3ccc(S(C)(C)C)cc32)c2ccc(S(C)(C)C)cc2N4c2c(-c3ccccc3)cc(C)cc2-c2ccc(C)cc2)C(C)(c2ccccc2)C1. The molecular weight excluding hydrogens is 1090 g/mol. The van der Waals surface area contributed by atoms with E-state index in [-0.39, 0.29) is 30.2 Å². The fourth-order valence-electron chi connectivity index (χ4n) is 14.5. The number of allylic oxidation sites excluding steroid dienone is 9. The summed E-state index contributed by atoms with van der Waals surface area (Å²) >= 11 is 0. The van der Waals surface area contributed by atoms with Crippen LogP contribution < -0.4 is 25.6 Å². The van der Waals surface area contributed by atoms with Gasteiger partial charge in [0.15, 0.2) is 0 Å². The second-order valence-electron chi connectivity index (χ2n) is 26.4. The zero-order chi connectivity index (χ0) is 60.1. The average Bonchev–Trinajstić information content (AvgIpc) is 0.734. The summed E-state index contributed by atoms with van der Waals surface area (Å²) in [5.74, 6) is -0.978. The van der Waals surface area contributed by atoms with Gasteiger partial charge in [-0.2, -0.15) is 0 Å². The molecule has 0 radical (unpaired) electrons. The van der Waals surface area contributed by atoms with Crippen molar-refractivity contribution in [3.05, 3.63) is 280 Å². The summed E-state index contributed by atoms with van der Waals surface area (Å²) in [5, 5.41) is 0. The van der Waals surface area contributed by atoms with Crippen molar-refractivity contribution in [3.8, 4) is 22.3 Å². The van der Waals surface area contributed by atoms with Crippen molar-refractivity contribution in [3.63, 3.8) is 0 Å². The van der Waals surface area contributed by atoms with Crippen LogP contribution in [0.15, 0.2) is 262 Å². The van der Waals surface area contributed by atoms with Gasteiger partial charge >= 0.3 is 0 Å². The van der Waals surface area contributed by atoms with Gasteiger partial charge < -0.3 is 14.7 Å². The van der Waals surface area contributed by atoms with E-state index in [4.69, 9.17) is 0 Å². The molecule has 0 bridgehead atoms. The highest BCUT2D eigenvalue weighted by Gasteiger charge is 2.54. The molecule has 86 heavy (non-hydrogen) atoms. The van der Waals surface area contributed by atoms with E-state index in [1.807, 2.05) is 12.1 Å². The van der Waals surface area contributed by atoms with Crippen LogP contribution in [0.5, 0.6) is 0 Å². The van der Waals surface area contributed by atoms with Crippen molar-refractivity contribution >= 4 is 66.0 Å². The highest BCUT2D eigenvalue weighted by molar-refractivity contribution is 8.32. The number of hydrogen-bond donors (Lipinski definition) is 0. The summed E-state index contributed by atoms with van der Waals surface area (Å²) in [7, 11) is -2.55. The molecular formula is C78H78BF2N3S2. The number of hydrogen-bond acceptors (Lipinski definition) is 3. The Kier molecular flexibility index (Phi) is 14.6. The maximum Gasteiger partial charge on any atom is 0.251 e. The molecule has 434 valence electrons. The molecule has 4 atom stereocenters. The molecule has 0 N–H and O–H groups in total. The minimum Gasteiger partial charge on any atom is -0.337 e. The van der Waals surface area contributed by atoms with Crippen LogP contribution in [0.2, 0.25) is 0 Å². The third-order valence-electron chi connectivity index (χ3n) is 18.7. The smallest absolute Gasteiger partial charge is 0.251 e. The molecule has 4 unspecified atom stereocenters. The minimum absolute atomic E-state index is 0.0809. The molecule has 0 saturated heterocycles. The van der Waals surface area contributed by atoms with Gasteiger partial charge in [0, 0.05) is 73.8 Å². The van der Waals surface area contributed by atoms with Crippen LogP contribution >= 0.6 is 20.1 Å². The first-order valence-corrected chi connectivity index (χ1v) is 36.0. The Hall–Kier alpha value is -7.78. The summed E-state index contributed by atoms with van der Waals surface area (Å²) in [6, 6.07) is 68.4. The van der Waals surface area contributed by atoms with E-state index < -0.39 is 31.5 Å². The molecule has 0 spiro atoms. The molecule has 2 aliphatic heterocycles. The highest BCUT2D eigenvalue weighted by atomic mass is 32.3. The fourth-order valence-corrected chi connectivity index (χ4v) is 16.4. The second kappa shape index (κ2) is 21.9. The number of benzene rings is 8. The van der Waals surface area contributed by atoms with Crippen LogP contribution in [0.3, 0.4) is 0 Å². The number of aryl methyl sites for hydroxylation is 2. The van der Waals surface area contributed by atoms with Crippen LogP contribution in [0, 0.1) is 31.5 Å². The Balaban J connectivity index is 1.26. The van der Waals surface area contributed by atoms with E-state index >= 15 is 8.78 Å². The monoisotopic (exact) mass is 1170 g/mol. The van der Waals surface area contributed by atoms with Crippen molar-refractivity contribution in [1.29, 1.82) is 0 Å². The molecule has 2 heterocycles. The zero-order valence-electron chi connectivity index (χ0n) is 51.8. The summed E-state index contributed by atoms with van der Waals surface area (Å²) in [6.07, 6.45) is 24.1. The average molecular weight is 1170 g/mol. The first-order chi connectivity index (χ1) is 41.2. The number of anilines is 4. The molecule has 13 rings (SSSR count). The van der Waals surface area contributed by atoms with E-state index in [1.54, 1.807) is 18.2 Å². The standard InChI is InChI=1S/C78H78BF2N3S2/c1-50-31-34-57(35-32-50)65-42-51(2)41-64(55-23-16-13-17-24-55)76(65)84-72-47-63(86(10,11)12)38-40-68(72)79-67-39-37-62(85(7,8)9)46-71(67)83(77-66(56-25-18-14-19-26-56)43-52(3)49-78(77,6)58-27-20-15-21-28-58)73-48-70(54(5)75(84)74(73)79)82(61-30-22-29-59(80)44-61)69-45-60(81)36-33-53(69)4/h13-32,34-48,53-54,70H,33,49H2,1-12H3. The number of rotatable bonds is 11. The summed E-state index contributed by atoms with van der Waals surface area (Å²) in [5.41, 5.74) is 23.4. The largest absolute Gasteiger partial charge is 0.337 e. The lowest BCUT2D eigenvalue weighted by molar-refractivity contribution is 0.504. The van der Waals surface area contributed by atoms with E-state index in [2.05, 4.69) is 270 Å². The molecule has 0 amide bonds. The maximum absolute atomic E-state index is 16.5. The van der Waals surface area contributed by atoms with E-state index in [9.17, 15) is 0 Å². The van der Waals surface area contributed by atoms with Gasteiger partial charge in [-0.3, -0.25) is 0 Å². The number of halogens is 2. The fraction of sp³-hybridized carbons (Fsp3) is 0.231. The third kappa shape index (κ3) is 9.95. The van der Waals surface area contributed by atoms with Crippen LogP contribution in [-0.2, 0) is 5.41 Å². The predicted molar refractivity (Wildman–Crippen MR) is 370 cm³/mol. The molecule has 3 nitrogen and oxygen atoms in total. The van der Waals surface area contributed by atoms with Gasteiger partial charge in [-0.05, 0) is 193 Å².